The summed E-state index contributed by atoms with van der Waals surface area (Å²) in [6.45, 7) is 3.46. The van der Waals surface area contributed by atoms with Crippen LogP contribution in [0.5, 0.6) is 0 Å². The second-order valence-electron chi connectivity index (χ2n) is 24.3. The Kier molecular flexibility index (Phi) is 15.1. The van der Waals surface area contributed by atoms with E-state index in [1.54, 1.807) is 112 Å². The highest BCUT2D eigenvalue weighted by Gasteiger charge is 2.49. The Morgan fingerprint density at radius 1 is 0.477 bits per heavy atom. The minimum absolute atomic E-state index is 0.0362. The first-order valence-electron chi connectivity index (χ1n) is 29.5. The van der Waals surface area contributed by atoms with E-state index in [0.29, 0.717) is 129 Å². The van der Waals surface area contributed by atoms with Crippen LogP contribution in [0.1, 0.15) is 121 Å². The standard InChI is InChI=1S/C22H21F3N4O.C22H20F3N3O.C21H19F3N4O/c1-28-20-17(6-4-8-26-20)19(27-28)21(30)29-11-14-9-13(10-15(14)12-29)16-5-2-3-7-18(16)22(23,24)25;23-22(24,25)19-6-2-1-4-16(19)13-8-14-11-28(12-15(14)9-13)21(29)18-10-27-20-17(18)5-3-7-26-20;22-21(23,24)17-5-2-1-4-16(17)13-8-14-11-27(12-15(14)9-13)19(29)18-10-26-20-25-6-3-7-28(18)20/h2-8,13-15H,9-12H2,1H3;1-7,10,13-15H,8-9,11-12H2,(H,26,27);1-7,10,13-15H,8-9,11-12H2/t3*13?,14-,15+. The third-order valence-corrected chi connectivity index (χ3v) is 19.2. The number of benzene rings is 3. The second-order valence-corrected chi connectivity index (χ2v) is 24.3. The fourth-order valence-electron chi connectivity index (χ4n) is 15.3. The fourth-order valence-corrected chi connectivity index (χ4v) is 15.3. The number of H-pyrrole nitrogens is 1. The molecule has 14 nitrogen and oxygen atoms in total. The summed E-state index contributed by atoms with van der Waals surface area (Å²) >= 11 is 0. The molecule has 6 aliphatic rings. The van der Waals surface area contributed by atoms with E-state index in [0.717, 1.165) is 16.8 Å². The summed E-state index contributed by atoms with van der Waals surface area (Å²) in [7, 11) is 1.76. The van der Waals surface area contributed by atoms with Crippen molar-refractivity contribution < 1.29 is 53.9 Å². The largest absolute Gasteiger partial charge is 0.416 e. The monoisotopic (exact) mass is 1210 g/mol. The molecule has 9 atom stereocenters. The lowest BCUT2D eigenvalue weighted by Gasteiger charge is -2.21. The van der Waals surface area contributed by atoms with E-state index >= 15 is 0 Å². The Bertz CT molecular complexity index is 3890. The summed E-state index contributed by atoms with van der Waals surface area (Å²) < 4.78 is 124. The lowest BCUT2D eigenvalue weighted by Crippen LogP contribution is -2.30. The predicted molar refractivity (Wildman–Crippen MR) is 306 cm³/mol. The van der Waals surface area contributed by atoms with E-state index < -0.39 is 35.2 Å². The highest BCUT2D eigenvalue weighted by atomic mass is 19.4. The molecule has 3 saturated heterocycles. The van der Waals surface area contributed by atoms with E-state index in [2.05, 4.69) is 30.0 Å². The number of carbonyl (C=O) groups excluding carboxylic acids is 3. The average Bonchev–Trinajstić information content (AvgIpc) is 2.05. The SMILES string of the molecule is Cn1nc(C(=O)N2C[C@H]3CC(c4ccccc4C(F)(F)F)C[C@H]3C2)c2cccnc21.O=C(c1c[nH]c2ncccc12)N1C[C@H]2CC(c3ccccc3C(F)(F)F)C[C@H]2C1.O=C(c1cnc2ncccn12)N1C[C@H]2CC(c3ccccc3C(F)(F)F)C[C@H]2C1. The molecule has 1 N–H and O–H groups in total. The maximum atomic E-state index is 13.4. The van der Waals surface area contributed by atoms with Crippen molar-refractivity contribution in [1.82, 2.24) is 53.8 Å². The molecule has 0 radical (unpaired) electrons. The molecule has 6 aromatic heterocycles. The second kappa shape index (κ2) is 22.8. The van der Waals surface area contributed by atoms with E-state index in [1.807, 2.05) is 17.0 Å². The number of nitrogens with zero attached hydrogens (tertiary/aromatic N) is 10. The number of amides is 3. The van der Waals surface area contributed by atoms with Crippen molar-refractivity contribution in [3.63, 3.8) is 0 Å². The summed E-state index contributed by atoms with van der Waals surface area (Å²) in [4.78, 5) is 64.4. The van der Waals surface area contributed by atoms with Crippen LogP contribution in [0.2, 0.25) is 0 Å². The summed E-state index contributed by atoms with van der Waals surface area (Å²) in [5.74, 6) is 1.24. The Morgan fingerprint density at radius 3 is 1.38 bits per heavy atom. The Balaban J connectivity index is 0.000000122. The molecule has 3 aliphatic carbocycles. The molecule has 3 unspecified atom stereocenters. The van der Waals surface area contributed by atoms with Crippen LogP contribution >= 0.6 is 0 Å². The number of hydrogen-bond donors (Lipinski definition) is 1. The molecule has 456 valence electrons. The van der Waals surface area contributed by atoms with Crippen molar-refractivity contribution in [1.29, 1.82) is 0 Å². The van der Waals surface area contributed by atoms with Crippen molar-refractivity contribution in [3.8, 4) is 0 Å². The number of aromatic amines is 1. The number of likely N-dealkylation sites (tertiary alicyclic amines) is 3. The van der Waals surface area contributed by atoms with Gasteiger partial charge in [-0.15, -0.1) is 0 Å². The van der Waals surface area contributed by atoms with Gasteiger partial charge < -0.3 is 19.7 Å². The molecule has 88 heavy (non-hydrogen) atoms. The third kappa shape index (κ3) is 11.1. The number of carbonyl (C=O) groups is 3. The number of halogens is 9. The van der Waals surface area contributed by atoms with Gasteiger partial charge in [0.2, 0.25) is 5.78 Å². The molecule has 0 spiro atoms. The predicted octanol–water partition coefficient (Wildman–Crippen LogP) is 13.1. The molecule has 6 fully saturated rings. The van der Waals surface area contributed by atoms with Gasteiger partial charge >= 0.3 is 18.5 Å². The molecule has 15 rings (SSSR count). The Morgan fingerprint density at radius 2 is 0.898 bits per heavy atom. The van der Waals surface area contributed by atoms with Crippen molar-refractivity contribution in [2.24, 2.45) is 42.6 Å². The van der Waals surface area contributed by atoms with Crippen LogP contribution in [-0.4, -0.2) is 111 Å². The lowest BCUT2D eigenvalue weighted by molar-refractivity contribution is -0.139. The van der Waals surface area contributed by atoms with Gasteiger partial charge in [-0.1, -0.05) is 54.6 Å². The number of imidazole rings is 1. The van der Waals surface area contributed by atoms with Crippen molar-refractivity contribution in [2.75, 3.05) is 39.3 Å². The average molecular weight is 1210 g/mol. The van der Waals surface area contributed by atoms with Gasteiger partial charge in [0.1, 0.15) is 11.3 Å². The lowest BCUT2D eigenvalue weighted by atomic mass is 9.91. The zero-order valence-electron chi connectivity index (χ0n) is 47.6. The van der Waals surface area contributed by atoms with Crippen LogP contribution in [-0.2, 0) is 25.6 Å². The summed E-state index contributed by atoms with van der Waals surface area (Å²) in [5, 5.41) is 5.89. The Hall–Kier alpha value is -8.63. The zero-order chi connectivity index (χ0) is 61.4. The van der Waals surface area contributed by atoms with E-state index in [4.69, 9.17) is 0 Å². The van der Waals surface area contributed by atoms with Crippen LogP contribution in [0.4, 0.5) is 39.5 Å². The first-order valence-corrected chi connectivity index (χ1v) is 29.5. The highest BCUT2D eigenvalue weighted by molar-refractivity contribution is 6.06. The van der Waals surface area contributed by atoms with E-state index in [-0.39, 0.29) is 71.0 Å². The molecule has 9 heterocycles. The van der Waals surface area contributed by atoms with E-state index in [1.165, 1.54) is 36.5 Å². The van der Waals surface area contributed by atoms with Crippen LogP contribution in [0.25, 0.3) is 27.8 Å². The molecule has 0 bridgehead atoms. The molecule has 3 saturated carbocycles. The van der Waals surface area contributed by atoms with Crippen LogP contribution in [0, 0.1) is 35.5 Å². The molecule has 23 heteroatoms. The first-order chi connectivity index (χ1) is 42.2. The highest BCUT2D eigenvalue weighted by Crippen LogP contribution is 2.52. The normalized spacial score (nSPS) is 24.1. The number of pyridine rings is 2. The fraction of sp³-hybridized carbons (Fsp3) is 0.385. The van der Waals surface area contributed by atoms with Gasteiger partial charge in [0, 0.05) is 82.7 Å². The smallest absolute Gasteiger partial charge is 0.345 e. The van der Waals surface area contributed by atoms with Gasteiger partial charge in [0.05, 0.1) is 33.8 Å². The minimum atomic E-state index is -4.34. The van der Waals surface area contributed by atoms with Crippen molar-refractivity contribution >= 4 is 45.6 Å². The number of rotatable bonds is 6. The van der Waals surface area contributed by atoms with Gasteiger partial charge in [-0.25, -0.2) is 24.6 Å². The van der Waals surface area contributed by atoms with Crippen LogP contribution in [0.3, 0.4) is 0 Å². The maximum Gasteiger partial charge on any atom is 0.416 e. The number of fused-ring (bicyclic) bond motifs is 6. The van der Waals surface area contributed by atoms with Crippen molar-refractivity contribution in [2.45, 2.75) is 74.8 Å². The van der Waals surface area contributed by atoms with Gasteiger partial charge in [0.25, 0.3) is 17.7 Å². The first kappa shape index (κ1) is 58.4. The van der Waals surface area contributed by atoms with E-state index in [9.17, 15) is 53.9 Å². The number of aromatic nitrogens is 8. The summed E-state index contributed by atoms with van der Waals surface area (Å²) in [6.07, 6.45) is 0.997. The number of aryl methyl sites for hydroxylation is 1. The van der Waals surface area contributed by atoms with Gasteiger partial charge in [0.15, 0.2) is 11.3 Å². The third-order valence-electron chi connectivity index (χ3n) is 19.2. The number of alkyl halides is 9. The van der Waals surface area contributed by atoms with Crippen molar-refractivity contribution in [3.05, 3.63) is 191 Å². The maximum absolute atomic E-state index is 13.4. The summed E-state index contributed by atoms with van der Waals surface area (Å²) in [5.41, 5.74) is 2.38. The summed E-state index contributed by atoms with van der Waals surface area (Å²) in [6, 6.07) is 26.7. The van der Waals surface area contributed by atoms with Gasteiger partial charge in [-0.3, -0.25) is 18.8 Å². The molecular formula is C65H60F9N11O3. The Labute approximate surface area is 498 Å². The van der Waals surface area contributed by atoms with Crippen LogP contribution < -0.4 is 0 Å². The molecule has 3 aliphatic heterocycles. The molecular weight excluding hydrogens is 1150 g/mol. The quantitative estimate of drug-likeness (QED) is 0.162. The molecule has 3 aromatic carbocycles. The minimum Gasteiger partial charge on any atom is -0.345 e. The van der Waals surface area contributed by atoms with Gasteiger partial charge in [-0.05, 0) is 157 Å². The molecule has 9 aromatic rings. The van der Waals surface area contributed by atoms with Crippen LogP contribution in [0.15, 0.2) is 140 Å². The number of nitrogens with one attached hydrogen (secondary N) is 1. The topological polar surface area (TPSA) is 151 Å². The van der Waals surface area contributed by atoms with Gasteiger partial charge in [-0.2, -0.15) is 44.6 Å². The molecule has 3 amide bonds. The zero-order valence-corrected chi connectivity index (χ0v) is 47.6. The number of hydrogen-bond acceptors (Lipinski definition) is 8.